The van der Waals surface area contributed by atoms with E-state index in [9.17, 15) is 14.7 Å². The number of carbonyl (C=O) groups is 2. The number of rotatable bonds is 4. The summed E-state index contributed by atoms with van der Waals surface area (Å²) in [7, 11) is 0. The van der Waals surface area contributed by atoms with Gasteiger partial charge in [-0.1, -0.05) is 48.5 Å². The zero-order chi connectivity index (χ0) is 23.9. The van der Waals surface area contributed by atoms with Crippen LogP contribution in [-0.2, 0) is 16.1 Å². The van der Waals surface area contributed by atoms with Gasteiger partial charge in [0, 0.05) is 30.4 Å². The van der Waals surface area contributed by atoms with Crippen LogP contribution in [0.15, 0.2) is 66.7 Å². The molecule has 3 aromatic carbocycles. The number of hydrogen-bond donors (Lipinski definition) is 2. The van der Waals surface area contributed by atoms with Gasteiger partial charge in [-0.2, -0.15) is 0 Å². The van der Waals surface area contributed by atoms with Gasteiger partial charge in [-0.3, -0.25) is 14.6 Å². The Kier molecular flexibility index (Phi) is 6.71. The predicted molar refractivity (Wildman–Crippen MR) is 140 cm³/mol. The van der Waals surface area contributed by atoms with E-state index in [2.05, 4.69) is 10.2 Å². The van der Waals surface area contributed by atoms with E-state index >= 15 is 0 Å². The number of nitrogens with one attached hydrogen (secondary N) is 1. The van der Waals surface area contributed by atoms with E-state index in [1.807, 2.05) is 66.7 Å². The lowest BCUT2D eigenvalue weighted by molar-refractivity contribution is -0.117. The van der Waals surface area contributed by atoms with Gasteiger partial charge in [-0.05, 0) is 53.3 Å². The first-order valence-electron chi connectivity index (χ1n) is 12.1. The highest BCUT2D eigenvalue weighted by Crippen LogP contribution is 2.44. The number of hydrogen-bond acceptors (Lipinski definition) is 5. The number of carbonyl (C=O) groups excluding carboxylic acids is 2. The normalized spacial score (nSPS) is 19.0. The van der Waals surface area contributed by atoms with E-state index in [-0.39, 0.29) is 37.0 Å². The number of aliphatic hydroxyl groups is 1. The molecule has 0 radical (unpaired) electrons. The largest absolute Gasteiger partial charge is 0.444 e. The number of fused-ring (bicyclic) bond motifs is 4. The van der Waals surface area contributed by atoms with Crippen LogP contribution < -0.4 is 10.2 Å². The van der Waals surface area contributed by atoms with Crippen LogP contribution in [0.3, 0.4) is 0 Å². The molecule has 1 saturated heterocycles. The number of aliphatic hydroxyl groups excluding tert-OH is 1. The number of nitrogens with zero attached hydrogens (tertiary/aromatic N) is 2. The van der Waals surface area contributed by atoms with Crippen LogP contribution in [0.5, 0.6) is 0 Å². The molecule has 2 aliphatic heterocycles. The monoisotopic (exact) mass is 505 g/mol. The molecule has 3 aliphatic rings. The third-order valence-electron chi connectivity index (χ3n) is 7.26. The van der Waals surface area contributed by atoms with Crippen LogP contribution in [-0.4, -0.2) is 47.7 Å². The number of halogens is 1. The molecule has 0 spiro atoms. The van der Waals surface area contributed by atoms with Crippen LogP contribution in [0.2, 0.25) is 0 Å². The second-order valence-corrected chi connectivity index (χ2v) is 9.40. The molecule has 3 aromatic rings. The summed E-state index contributed by atoms with van der Waals surface area (Å²) in [5.41, 5.74) is 6.40. The fourth-order valence-electron chi connectivity index (χ4n) is 5.52. The Hall–Kier alpha value is -3.39. The smallest absolute Gasteiger partial charge is 0.414 e. The standard InChI is InChI=1S/C28H27N3O4.ClH/c32-26(29-19-9-10-22-21-6-2-3-7-23(21)27(33)24(22)15-19)16-30-13-11-20(12-14-30)31-25-8-4-1-5-18(25)17-35-28(31)34;/h1-10,15,20,27,33H,11-14,16-17H2,(H,29,32);1H. The molecule has 186 valence electrons. The topological polar surface area (TPSA) is 82.1 Å². The van der Waals surface area contributed by atoms with Crippen molar-refractivity contribution in [3.05, 3.63) is 83.4 Å². The second kappa shape index (κ2) is 9.93. The minimum absolute atomic E-state index is 0. The lowest BCUT2D eigenvalue weighted by Crippen LogP contribution is -2.50. The molecule has 0 saturated carbocycles. The number of amides is 2. The van der Waals surface area contributed by atoms with Gasteiger partial charge < -0.3 is 15.2 Å². The SMILES string of the molecule is Cl.O=C(CN1CCC(N2C(=O)OCc3ccccc32)CC1)Nc1ccc2c(c1)C(O)c1ccccc1-2. The molecule has 2 N–H and O–H groups in total. The molecule has 1 aliphatic carbocycles. The number of piperidine rings is 1. The van der Waals surface area contributed by atoms with Gasteiger partial charge in [0.2, 0.25) is 5.91 Å². The van der Waals surface area contributed by atoms with Gasteiger partial charge in [0.25, 0.3) is 0 Å². The maximum atomic E-state index is 12.8. The van der Waals surface area contributed by atoms with Crippen LogP contribution in [0.1, 0.15) is 35.6 Å². The summed E-state index contributed by atoms with van der Waals surface area (Å²) in [4.78, 5) is 29.2. The first-order valence-corrected chi connectivity index (χ1v) is 12.1. The van der Waals surface area contributed by atoms with E-state index in [0.717, 1.165) is 59.4 Å². The Balaban J connectivity index is 0.00000267. The third kappa shape index (κ3) is 4.34. The molecule has 0 bridgehead atoms. The Labute approximate surface area is 216 Å². The van der Waals surface area contributed by atoms with Gasteiger partial charge in [0.05, 0.1) is 12.2 Å². The molecule has 36 heavy (non-hydrogen) atoms. The number of para-hydroxylation sites is 1. The Morgan fingerprint density at radius 1 is 0.972 bits per heavy atom. The van der Waals surface area contributed by atoms with Crippen molar-refractivity contribution >= 4 is 35.8 Å². The van der Waals surface area contributed by atoms with Gasteiger partial charge in [0.15, 0.2) is 0 Å². The average Bonchev–Trinajstić information content (AvgIpc) is 3.16. The van der Waals surface area contributed by atoms with E-state index in [0.29, 0.717) is 12.3 Å². The molecule has 1 unspecified atom stereocenters. The zero-order valence-electron chi connectivity index (χ0n) is 19.7. The second-order valence-electron chi connectivity index (χ2n) is 9.40. The number of ether oxygens (including phenoxy) is 1. The molecule has 1 atom stereocenters. The summed E-state index contributed by atoms with van der Waals surface area (Å²) in [6, 6.07) is 21.5. The molecule has 8 heteroatoms. The highest BCUT2D eigenvalue weighted by atomic mass is 35.5. The molecule has 0 aromatic heterocycles. The van der Waals surface area contributed by atoms with Crippen molar-refractivity contribution < 1.29 is 19.4 Å². The maximum absolute atomic E-state index is 12.8. The predicted octanol–water partition coefficient (Wildman–Crippen LogP) is 4.73. The molecule has 2 heterocycles. The quantitative estimate of drug-likeness (QED) is 0.535. The number of cyclic esters (lactones) is 1. The summed E-state index contributed by atoms with van der Waals surface area (Å²) < 4.78 is 5.38. The fourth-order valence-corrected chi connectivity index (χ4v) is 5.52. The summed E-state index contributed by atoms with van der Waals surface area (Å²) in [6.45, 7) is 2.05. The Morgan fingerprint density at radius 3 is 2.53 bits per heavy atom. The number of benzene rings is 3. The summed E-state index contributed by atoms with van der Waals surface area (Å²) in [6.07, 6.45) is 0.588. The lowest BCUT2D eigenvalue weighted by atomic mass is 10.0. The zero-order valence-corrected chi connectivity index (χ0v) is 20.5. The molecule has 7 nitrogen and oxygen atoms in total. The summed E-state index contributed by atoms with van der Waals surface area (Å²) >= 11 is 0. The van der Waals surface area contributed by atoms with Crippen molar-refractivity contribution in [2.45, 2.75) is 31.6 Å². The average molecular weight is 506 g/mol. The van der Waals surface area contributed by atoms with Crippen LogP contribution in [0.25, 0.3) is 11.1 Å². The van der Waals surface area contributed by atoms with Crippen LogP contribution >= 0.6 is 12.4 Å². The van der Waals surface area contributed by atoms with Crippen molar-refractivity contribution in [2.24, 2.45) is 0 Å². The first kappa shape index (κ1) is 24.3. The fraction of sp³-hybridized carbons (Fsp3) is 0.286. The van der Waals surface area contributed by atoms with Gasteiger partial charge in [-0.15, -0.1) is 12.4 Å². The number of likely N-dealkylation sites (tertiary alicyclic amines) is 1. The molecule has 6 rings (SSSR count). The summed E-state index contributed by atoms with van der Waals surface area (Å²) in [5, 5.41) is 13.7. The van der Waals surface area contributed by atoms with E-state index < -0.39 is 6.10 Å². The number of anilines is 2. The van der Waals surface area contributed by atoms with Gasteiger partial charge >= 0.3 is 6.09 Å². The van der Waals surface area contributed by atoms with Crippen molar-refractivity contribution in [2.75, 3.05) is 29.9 Å². The van der Waals surface area contributed by atoms with Crippen molar-refractivity contribution in [3.8, 4) is 11.1 Å². The van der Waals surface area contributed by atoms with Gasteiger partial charge in [0.1, 0.15) is 12.7 Å². The first-order chi connectivity index (χ1) is 17.1. The maximum Gasteiger partial charge on any atom is 0.414 e. The minimum atomic E-state index is -0.677. The highest BCUT2D eigenvalue weighted by molar-refractivity contribution is 5.93. The third-order valence-corrected chi connectivity index (χ3v) is 7.26. The van der Waals surface area contributed by atoms with Crippen LogP contribution in [0, 0.1) is 0 Å². The molecule has 2 amide bonds. The van der Waals surface area contributed by atoms with Crippen molar-refractivity contribution in [3.63, 3.8) is 0 Å². The Morgan fingerprint density at radius 2 is 1.69 bits per heavy atom. The Bertz CT molecular complexity index is 1310. The molecular formula is C28H28ClN3O4. The van der Waals surface area contributed by atoms with Gasteiger partial charge in [-0.25, -0.2) is 4.79 Å². The lowest BCUT2D eigenvalue weighted by Gasteiger charge is -2.40. The summed E-state index contributed by atoms with van der Waals surface area (Å²) in [5.74, 6) is -0.0869. The van der Waals surface area contributed by atoms with Crippen LogP contribution in [0.4, 0.5) is 16.2 Å². The van der Waals surface area contributed by atoms with Crippen molar-refractivity contribution in [1.29, 1.82) is 0 Å². The minimum Gasteiger partial charge on any atom is -0.444 e. The van der Waals surface area contributed by atoms with E-state index in [1.165, 1.54) is 0 Å². The van der Waals surface area contributed by atoms with Crippen molar-refractivity contribution in [1.82, 2.24) is 4.90 Å². The van der Waals surface area contributed by atoms with E-state index in [4.69, 9.17) is 4.74 Å². The molecule has 1 fully saturated rings. The van der Waals surface area contributed by atoms with E-state index in [1.54, 1.807) is 4.90 Å². The highest BCUT2D eigenvalue weighted by Gasteiger charge is 2.34. The molecular weight excluding hydrogens is 478 g/mol.